The van der Waals surface area contributed by atoms with E-state index in [9.17, 15) is 14.9 Å². The summed E-state index contributed by atoms with van der Waals surface area (Å²) in [7, 11) is 0. The van der Waals surface area contributed by atoms with E-state index >= 15 is 0 Å². The van der Waals surface area contributed by atoms with Crippen molar-refractivity contribution in [2.75, 3.05) is 0 Å². The average Bonchev–Trinajstić information content (AvgIpc) is 2.60. The summed E-state index contributed by atoms with van der Waals surface area (Å²) in [4.78, 5) is 28.9. The quantitative estimate of drug-likeness (QED) is 0.236. The molecule has 0 radical (unpaired) electrons. The first-order valence-corrected chi connectivity index (χ1v) is 8.34. The van der Waals surface area contributed by atoms with Crippen LogP contribution in [-0.4, -0.2) is 9.91 Å². The van der Waals surface area contributed by atoms with Gasteiger partial charge in [-0.3, -0.25) is 14.9 Å². The number of hydrogen-bond acceptors (Lipinski definition) is 5. The highest BCUT2D eigenvalue weighted by Crippen LogP contribution is 2.37. The standard InChI is InChI=1S/C18H12N2O3S/c1-2-11-17(21)13-6-4-3-5-12(13)16-18(11)24-15-9-10(20(22)23)7-8-14(15)19-16/h3-9H,2H2,1H3. The van der Waals surface area contributed by atoms with E-state index in [0.29, 0.717) is 22.0 Å². The van der Waals surface area contributed by atoms with Crippen molar-refractivity contribution < 1.29 is 4.92 Å². The van der Waals surface area contributed by atoms with Crippen molar-refractivity contribution in [3.05, 3.63) is 68.4 Å². The average molecular weight is 336 g/mol. The molecule has 2 aromatic rings. The minimum absolute atomic E-state index is 0.0171. The zero-order valence-corrected chi connectivity index (χ0v) is 13.6. The number of benzene rings is 3. The minimum Gasteiger partial charge on any atom is -0.289 e. The Morgan fingerprint density at radius 1 is 1.17 bits per heavy atom. The first kappa shape index (κ1) is 14.7. The van der Waals surface area contributed by atoms with Crippen molar-refractivity contribution in [2.45, 2.75) is 13.3 Å². The number of nitro benzene ring substituents is 1. The van der Waals surface area contributed by atoms with E-state index in [1.165, 1.54) is 23.5 Å². The first-order valence-electron chi connectivity index (χ1n) is 7.52. The Bertz CT molecular complexity index is 1150. The van der Waals surface area contributed by atoms with Gasteiger partial charge in [0.2, 0.25) is 0 Å². The van der Waals surface area contributed by atoms with Crippen LogP contribution in [0.1, 0.15) is 12.5 Å². The molecule has 0 atom stereocenters. The van der Waals surface area contributed by atoms with Gasteiger partial charge in [0.15, 0.2) is 5.43 Å². The summed E-state index contributed by atoms with van der Waals surface area (Å²) in [5, 5.41) is 12.5. The van der Waals surface area contributed by atoms with Gasteiger partial charge >= 0.3 is 0 Å². The van der Waals surface area contributed by atoms with Crippen molar-refractivity contribution in [2.24, 2.45) is 0 Å². The van der Waals surface area contributed by atoms with Crippen molar-refractivity contribution >= 4 is 38.0 Å². The molecule has 0 spiro atoms. The van der Waals surface area contributed by atoms with E-state index in [2.05, 4.69) is 0 Å². The van der Waals surface area contributed by atoms with Crippen molar-refractivity contribution in [1.82, 2.24) is 4.98 Å². The van der Waals surface area contributed by atoms with E-state index in [4.69, 9.17) is 4.98 Å². The zero-order valence-electron chi connectivity index (χ0n) is 12.8. The normalized spacial score (nSPS) is 11.4. The van der Waals surface area contributed by atoms with Gasteiger partial charge in [0.1, 0.15) is 0 Å². The second kappa shape index (κ2) is 5.35. The summed E-state index contributed by atoms with van der Waals surface area (Å²) >= 11 is 1.40. The lowest BCUT2D eigenvalue weighted by molar-refractivity contribution is -0.384. The van der Waals surface area contributed by atoms with Crippen molar-refractivity contribution in [3.63, 3.8) is 0 Å². The molecule has 0 aromatic heterocycles. The number of rotatable bonds is 2. The second-order valence-electron chi connectivity index (χ2n) is 5.51. The summed E-state index contributed by atoms with van der Waals surface area (Å²) < 4.78 is 0.709. The SMILES string of the molecule is CCc1c2sc3cc([N+](=O)[O-])ccc3nc-2c2ccccc2c1=O. The fourth-order valence-corrected chi connectivity index (χ4v) is 4.21. The van der Waals surface area contributed by atoms with Crippen molar-refractivity contribution in [1.29, 1.82) is 0 Å². The fraction of sp³-hybridized carbons (Fsp3) is 0.111. The van der Waals surface area contributed by atoms with Crippen LogP contribution in [0.25, 0.3) is 31.6 Å². The minimum atomic E-state index is -0.420. The molecule has 0 amide bonds. The topological polar surface area (TPSA) is 73.1 Å². The molecule has 1 aliphatic heterocycles. The predicted molar refractivity (Wildman–Crippen MR) is 96.1 cm³/mol. The summed E-state index contributed by atoms with van der Waals surface area (Å²) in [6, 6.07) is 12.1. The van der Waals surface area contributed by atoms with E-state index < -0.39 is 4.92 Å². The second-order valence-corrected chi connectivity index (χ2v) is 6.56. The molecule has 2 aliphatic rings. The zero-order chi connectivity index (χ0) is 16.8. The Hall–Kier alpha value is -2.86. The van der Waals surface area contributed by atoms with Crippen molar-refractivity contribution in [3.8, 4) is 10.6 Å². The molecule has 0 saturated heterocycles. The van der Waals surface area contributed by atoms with Gasteiger partial charge in [-0.2, -0.15) is 0 Å². The molecule has 0 fully saturated rings. The maximum absolute atomic E-state index is 12.8. The van der Waals surface area contributed by atoms with Crippen LogP contribution in [0.5, 0.6) is 0 Å². The summed E-state index contributed by atoms with van der Waals surface area (Å²) in [6.07, 6.45) is 0.596. The van der Waals surface area contributed by atoms with Gasteiger partial charge in [-0.25, -0.2) is 4.98 Å². The van der Waals surface area contributed by atoms with Gasteiger partial charge in [-0.15, -0.1) is 11.3 Å². The van der Waals surface area contributed by atoms with Crippen LogP contribution in [0, 0.1) is 10.1 Å². The molecule has 0 N–H and O–H groups in total. The number of non-ortho nitro benzene ring substituents is 1. The molecule has 1 aliphatic carbocycles. The van der Waals surface area contributed by atoms with E-state index in [0.717, 1.165) is 21.5 Å². The smallest absolute Gasteiger partial charge is 0.270 e. The van der Waals surface area contributed by atoms with E-state index in [-0.39, 0.29) is 11.1 Å². The molecule has 24 heavy (non-hydrogen) atoms. The Morgan fingerprint density at radius 3 is 2.62 bits per heavy atom. The summed E-state index contributed by atoms with van der Waals surface area (Å²) in [6.45, 7) is 1.94. The molecule has 5 nitrogen and oxygen atoms in total. The fourth-order valence-electron chi connectivity index (χ4n) is 2.98. The summed E-state index contributed by atoms with van der Waals surface area (Å²) in [5.41, 5.74) is 2.25. The van der Waals surface area contributed by atoms with Gasteiger partial charge in [0.25, 0.3) is 5.69 Å². The number of nitrogens with zero attached hydrogens (tertiary/aromatic N) is 2. The number of aromatic nitrogens is 1. The van der Waals surface area contributed by atoms with E-state index in [1.807, 2.05) is 31.2 Å². The van der Waals surface area contributed by atoms with Crippen LogP contribution >= 0.6 is 11.3 Å². The molecule has 0 saturated carbocycles. The monoisotopic (exact) mass is 336 g/mol. The van der Waals surface area contributed by atoms with Crippen LogP contribution in [-0.2, 0) is 6.42 Å². The molecule has 1 heterocycles. The van der Waals surface area contributed by atoms with E-state index in [1.54, 1.807) is 6.07 Å². The highest BCUT2D eigenvalue weighted by Gasteiger charge is 2.20. The molecule has 118 valence electrons. The maximum atomic E-state index is 12.8. The Morgan fingerprint density at radius 2 is 1.92 bits per heavy atom. The van der Waals surface area contributed by atoms with Crippen LogP contribution in [0.2, 0.25) is 0 Å². The lowest BCUT2D eigenvalue weighted by Gasteiger charge is -2.13. The molecule has 6 heteroatoms. The number of hydrogen-bond donors (Lipinski definition) is 0. The molecule has 4 rings (SSSR count). The third-order valence-corrected chi connectivity index (χ3v) is 5.33. The highest BCUT2D eigenvalue weighted by atomic mass is 32.1. The van der Waals surface area contributed by atoms with Gasteiger partial charge in [0, 0.05) is 28.5 Å². The van der Waals surface area contributed by atoms with Gasteiger partial charge in [-0.05, 0) is 12.5 Å². The van der Waals surface area contributed by atoms with Gasteiger partial charge < -0.3 is 0 Å². The van der Waals surface area contributed by atoms with Crippen LogP contribution < -0.4 is 5.43 Å². The molecule has 0 bridgehead atoms. The van der Waals surface area contributed by atoms with Gasteiger partial charge in [0.05, 0.1) is 25.7 Å². The van der Waals surface area contributed by atoms with Gasteiger partial charge in [-0.1, -0.05) is 31.2 Å². The Kier molecular flexibility index (Phi) is 3.28. The highest BCUT2D eigenvalue weighted by molar-refractivity contribution is 7.21. The lowest BCUT2D eigenvalue weighted by atomic mass is 9.99. The van der Waals surface area contributed by atoms with Crippen LogP contribution in [0.15, 0.2) is 47.3 Å². The largest absolute Gasteiger partial charge is 0.289 e. The van der Waals surface area contributed by atoms with Crippen LogP contribution in [0.4, 0.5) is 5.69 Å². The third-order valence-electron chi connectivity index (χ3n) is 4.14. The first-order chi connectivity index (χ1) is 11.6. The number of fused-ring (bicyclic) bond motifs is 4. The Labute approximate surface area is 140 Å². The molecule has 0 unspecified atom stereocenters. The number of nitro groups is 1. The summed E-state index contributed by atoms with van der Waals surface area (Å²) in [5.74, 6) is 0. The maximum Gasteiger partial charge on any atom is 0.270 e. The predicted octanol–water partition coefficient (Wildman–Crippen LogP) is 4.39. The lowest BCUT2D eigenvalue weighted by Crippen LogP contribution is -2.11. The Balaban J connectivity index is 2.21. The molecular formula is C18H12N2O3S. The third kappa shape index (κ3) is 2.07. The molecule has 2 aromatic carbocycles. The van der Waals surface area contributed by atoms with Crippen LogP contribution in [0.3, 0.4) is 0 Å². The molecular weight excluding hydrogens is 324 g/mol.